The number of likely N-dealkylation sites (tertiary alicyclic amines) is 1. The van der Waals surface area contributed by atoms with Crippen molar-refractivity contribution in [3.8, 4) is 34.5 Å². The van der Waals surface area contributed by atoms with E-state index in [9.17, 15) is 14.4 Å². The Morgan fingerprint density at radius 2 is 1.57 bits per heavy atom. The van der Waals surface area contributed by atoms with E-state index in [0.717, 1.165) is 90.0 Å². The number of amides is 4. The Labute approximate surface area is 507 Å². The number of nitrogens with one attached hydrogen (secondary N) is 1. The molecule has 0 unspecified atom stereocenters. The van der Waals surface area contributed by atoms with Gasteiger partial charge in [-0.15, -0.1) is 5.54 Å². The molecule has 0 radical (unpaired) electrons. The van der Waals surface area contributed by atoms with Crippen LogP contribution in [0.4, 0.5) is 25.1 Å². The van der Waals surface area contributed by atoms with Crippen molar-refractivity contribution in [3.63, 3.8) is 0 Å². The molecule has 0 atom stereocenters. The molecule has 1 spiro atoms. The smallest absolute Gasteiger partial charge is 0.328 e. The van der Waals surface area contributed by atoms with Gasteiger partial charge in [-0.2, -0.15) is 9.97 Å². The Balaban J connectivity index is 0.746. The summed E-state index contributed by atoms with van der Waals surface area (Å²) in [4.78, 5) is 63.9. The second-order valence-electron chi connectivity index (χ2n) is 26.5. The molecule has 2 aromatic heterocycles. The number of hydrogen-bond donors (Lipinski definition) is 1. The minimum atomic E-state index is -2.31. The Kier molecular flexibility index (Phi) is 18.4. The number of carbonyl (C=O) groups is 3. The molecule has 11 rings (SSSR count). The standard InChI is InChI=1S/C67H87F2N9O7Si/c1-44(2)86(45(3)4,46(5)6)35-17-52-55(68)13-12-49-36-51(85-43-82-8)38-53(58(49)52)60-59(69)61-54(39-70-60)62(76-24-9-33-83-34-32-76)73-64(72-61)84-42-67(20-21-67)41-75-30-28-74(29-31-75)40-48-14-18-66(19-15-48)22-26-77(27-23-66)63(80)50-11-10-47(7)56(37-50)78-25-16-57(79)71-65(78)81/h10-13,36-39,44-46,48H,9,14-16,18-34,40-43H2,1-8H3,(H,71,79,81). The van der Waals surface area contributed by atoms with Gasteiger partial charge in [-0.1, -0.05) is 59.6 Å². The summed E-state index contributed by atoms with van der Waals surface area (Å²) in [7, 11) is -0.779. The number of aromatic nitrogens is 3. The van der Waals surface area contributed by atoms with Gasteiger partial charge < -0.3 is 38.5 Å². The van der Waals surface area contributed by atoms with Gasteiger partial charge in [-0.05, 0) is 134 Å². The molecule has 4 amide bonds. The minimum absolute atomic E-state index is 0.000669. The van der Waals surface area contributed by atoms with E-state index in [1.165, 1.54) is 38.9 Å². The molecule has 2 aliphatic carbocycles. The average molecular weight is 1200 g/mol. The van der Waals surface area contributed by atoms with Gasteiger partial charge in [0.25, 0.3) is 5.91 Å². The number of ether oxygens (including phenoxy) is 4. The number of anilines is 2. The number of halogens is 2. The Morgan fingerprint density at radius 3 is 2.27 bits per heavy atom. The van der Waals surface area contributed by atoms with Gasteiger partial charge in [-0.3, -0.25) is 24.8 Å². The molecular weight excluding hydrogens is 1110 g/mol. The molecule has 5 aromatic rings. The third kappa shape index (κ3) is 12.8. The van der Waals surface area contributed by atoms with Crippen LogP contribution in [-0.2, 0) is 14.3 Å². The molecule has 6 heterocycles. The maximum atomic E-state index is 17.9. The van der Waals surface area contributed by atoms with E-state index in [-0.39, 0.29) is 58.6 Å². The summed E-state index contributed by atoms with van der Waals surface area (Å²) in [6, 6.07) is 11.8. The maximum Gasteiger partial charge on any atom is 0.328 e. The highest BCUT2D eigenvalue weighted by atomic mass is 28.3. The summed E-state index contributed by atoms with van der Waals surface area (Å²) in [5.74, 6) is 3.56. The first-order valence-corrected chi connectivity index (χ1v) is 33.8. The number of imide groups is 1. The molecule has 0 bridgehead atoms. The lowest BCUT2D eigenvalue weighted by Gasteiger charge is -2.47. The van der Waals surface area contributed by atoms with Crippen molar-refractivity contribution in [1.82, 2.24) is 35.0 Å². The third-order valence-corrected chi connectivity index (χ3v) is 26.4. The highest BCUT2D eigenvalue weighted by Gasteiger charge is 2.46. The highest BCUT2D eigenvalue weighted by molar-refractivity contribution is 6.90. The van der Waals surface area contributed by atoms with E-state index in [2.05, 4.69) is 73.0 Å². The van der Waals surface area contributed by atoms with Crippen molar-refractivity contribution >= 4 is 59.1 Å². The number of nitrogens with zero attached hydrogens (tertiary/aromatic N) is 8. The Morgan fingerprint density at radius 1 is 0.837 bits per heavy atom. The summed E-state index contributed by atoms with van der Waals surface area (Å²) >= 11 is 0. The zero-order chi connectivity index (χ0) is 60.5. The van der Waals surface area contributed by atoms with Gasteiger partial charge in [0.2, 0.25) is 5.91 Å². The molecule has 86 heavy (non-hydrogen) atoms. The predicted octanol–water partition coefficient (Wildman–Crippen LogP) is 11.5. The van der Waals surface area contributed by atoms with Crippen molar-refractivity contribution in [1.29, 1.82) is 0 Å². The van der Waals surface area contributed by atoms with Crippen LogP contribution in [0.5, 0.6) is 11.8 Å². The van der Waals surface area contributed by atoms with Crippen LogP contribution in [0.2, 0.25) is 16.6 Å². The first-order valence-electron chi connectivity index (χ1n) is 31.6. The quantitative estimate of drug-likeness (QED) is 0.0534. The normalized spacial score (nSPS) is 19.8. The highest BCUT2D eigenvalue weighted by Crippen LogP contribution is 2.49. The topological polar surface area (TPSA) is 155 Å². The second kappa shape index (κ2) is 25.8. The molecule has 4 saturated heterocycles. The van der Waals surface area contributed by atoms with Gasteiger partial charge in [0, 0.05) is 126 Å². The molecule has 2 saturated carbocycles. The van der Waals surface area contributed by atoms with Crippen molar-refractivity contribution in [2.75, 3.05) is 116 Å². The molecule has 16 nitrogen and oxygen atoms in total. The molecule has 19 heteroatoms. The summed E-state index contributed by atoms with van der Waals surface area (Å²) in [6.45, 7) is 25.8. The van der Waals surface area contributed by atoms with E-state index in [1.54, 1.807) is 23.2 Å². The van der Waals surface area contributed by atoms with E-state index in [0.29, 0.717) is 107 Å². The van der Waals surface area contributed by atoms with Gasteiger partial charge in [0.1, 0.15) is 36.7 Å². The van der Waals surface area contributed by atoms with Crippen LogP contribution in [0.15, 0.2) is 48.7 Å². The lowest BCUT2D eigenvalue weighted by Crippen LogP contribution is -2.50. The summed E-state index contributed by atoms with van der Waals surface area (Å²) < 4.78 is 58.2. The van der Waals surface area contributed by atoms with Crippen LogP contribution in [0.3, 0.4) is 0 Å². The van der Waals surface area contributed by atoms with E-state index in [4.69, 9.17) is 33.9 Å². The van der Waals surface area contributed by atoms with Crippen molar-refractivity contribution < 1.29 is 42.1 Å². The van der Waals surface area contributed by atoms with E-state index < -0.39 is 25.7 Å². The Bertz CT molecular complexity index is 3360. The molecule has 6 aliphatic rings. The maximum absolute atomic E-state index is 17.9. The first-order chi connectivity index (χ1) is 41.4. The summed E-state index contributed by atoms with van der Waals surface area (Å²) in [6.07, 6.45) is 11.5. The number of benzene rings is 3. The fraction of sp³-hybridized carbons (Fsp3) is 0.582. The van der Waals surface area contributed by atoms with Crippen molar-refractivity contribution in [2.45, 2.75) is 129 Å². The summed E-state index contributed by atoms with van der Waals surface area (Å²) in [5, 5.41) is 3.94. The van der Waals surface area contributed by atoms with Gasteiger partial charge >= 0.3 is 12.0 Å². The number of aryl methyl sites for hydroxylation is 1. The molecular formula is C67H87F2N9O7Si. The number of pyridine rings is 1. The van der Waals surface area contributed by atoms with Crippen LogP contribution < -0.4 is 24.6 Å². The van der Waals surface area contributed by atoms with Crippen LogP contribution >= 0.6 is 0 Å². The number of methoxy groups -OCH3 is 1. The zero-order valence-corrected chi connectivity index (χ0v) is 52.8. The monoisotopic (exact) mass is 1200 g/mol. The largest absolute Gasteiger partial charge is 0.468 e. The number of fused-ring (bicyclic) bond motifs is 2. The zero-order valence-electron chi connectivity index (χ0n) is 51.8. The SMILES string of the molecule is COCOc1cc(-c2ncc3c(N4CCCOCC4)nc(OCC4(CN5CCN(CC6CCC7(CC6)CCN(C(=O)c6ccc(C)c(N8CCC(=O)NC8=O)c6)CC7)CC5)CC4)nc3c2F)c2c(C#C[Si](C(C)C)(C(C)C)C(C)C)c(F)ccc2c1. The average Bonchev–Trinajstić information content (AvgIpc) is 1.25. The first kappa shape index (κ1) is 61.3. The molecule has 460 valence electrons. The van der Waals surface area contributed by atoms with Crippen LogP contribution in [-0.4, -0.2) is 161 Å². The van der Waals surface area contributed by atoms with E-state index in [1.807, 2.05) is 36.1 Å². The van der Waals surface area contributed by atoms with Crippen LogP contribution in [0.1, 0.15) is 127 Å². The van der Waals surface area contributed by atoms with Gasteiger partial charge in [-0.25, -0.2) is 13.6 Å². The van der Waals surface area contributed by atoms with Crippen molar-refractivity contribution in [2.24, 2.45) is 16.7 Å². The minimum Gasteiger partial charge on any atom is -0.468 e. The predicted molar refractivity (Wildman–Crippen MR) is 335 cm³/mol. The fourth-order valence-electron chi connectivity index (χ4n) is 14.9. The molecule has 3 aromatic carbocycles. The Hall–Kier alpha value is -6.30. The van der Waals surface area contributed by atoms with Gasteiger partial charge in [0.05, 0.1) is 24.2 Å². The van der Waals surface area contributed by atoms with Crippen LogP contribution in [0, 0.1) is 46.8 Å². The number of rotatable bonds is 17. The van der Waals surface area contributed by atoms with Crippen molar-refractivity contribution in [3.05, 3.63) is 77.0 Å². The number of piperazine rings is 1. The van der Waals surface area contributed by atoms with E-state index >= 15 is 8.78 Å². The third-order valence-electron chi connectivity index (χ3n) is 20.2. The second-order valence-corrected chi connectivity index (χ2v) is 32.1. The number of piperidine rings is 1. The summed E-state index contributed by atoms with van der Waals surface area (Å²) in [5.41, 5.74) is 7.64. The molecule has 1 N–H and O–H groups in total. The van der Waals surface area contributed by atoms with Crippen LogP contribution in [0.25, 0.3) is 32.9 Å². The fourth-order valence-corrected chi connectivity index (χ4v) is 20.1. The van der Waals surface area contributed by atoms with Gasteiger partial charge in [0.15, 0.2) is 12.6 Å². The number of hydrogen-bond acceptors (Lipinski definition) is 13. The number of urea groups is 1. The lowest BCUT2D eigenvalue weighted by atomic mass is 9.65. The molecule has 6 fully saturated rings. The molecule has 4 aliphatic heterocycles. The lowest BCUT2D eigenvalue weighted by molar-refractivity contribution is -0.120. The number of carbonyl (C=O) groups excluding carboxylic acids is 3.